The van der Waals surface area contributed by atoms with Crippen molar-refractivity contribution < 1.29 is 63.3 Å². The van der Waals surface area contributed by atoms with Gasteiger partial charge in [-0.15, -0.1) is 0 Å². The Bertz CT molecular complexity index is 670. The van der Waals surface area contributed by atoms with Crippen LogP contribution in [0.25, 0.3) is 0 Å². The second-order valence-corrected chi connectivity index (χ2v) is 9.43. The fourth-order valence-electron chi connectivity index (χ4n) is 1.76. The number of halogens is 11. The van der Waals surface area contributed by atoms with E-state index < -0.39 is 53.4 Å². The molecule has 2 unspecified atom stereocenters. The lowest BCUT2D eigenvalue weighted by atomic mass is 10.1. The monoisotopic (exact) mass is 720 g/mol. The van der Waals surface area contributed by atoms with E-state index in [0.717, 1.165) is 19.3 Å². The summed E-state index contributed by atoms with van der Waals surface area (Å²) in [4.78, 5) is 20.5. The minimum atomic E-state index is -4.69. The molecule has 0 bridgehead atoms. The Morgan fingerprint density at radius 1 is 0.769 bits per heavy atom. The lowest BCUT2D eigenvalue weighted by Crippen LogP contribution is -2.36. The van der Waals surface area contributed by atoms with Gasteiger partial charge in [0.05, 0.1) is 19.8 Å². The highest BCUT2D eigenvalue weighted by Gasteiger charge is 2.46. The van der Waals surface area contributed by atoms with Crippen LogP contribution in [0.4, 0.5) is 39.5 Å². The number of carbonyl (C=O) groups is 2. The summed E-state index contributed by atoms with van der Waals surface area (Å²) in [6, 6.07) is 0. The van der Waals surface area contributed by atoms with Crippen LogP contribution in [0.15, 0.2) is 12.2 Å². The SMILES string of the molecule is C=C(C(=O)OCCCC)C(F)(F)F.CCCCOCC(C(=O)OCCCC)C(F)(F)F.FC(F)(F)C(Br)CBr. The molecular weight excluding hydrogens is 687 g/mol. The molecule has 0 heterocycles. The van der Waals surface area contributed by atoms with E-state index in [9.17, 15) is 49.1 Å². The highest BCUT2D eigenvalue weighted by molar-refractivity contribution is 9.12. The maximum absolute atomic E-state index is 12.6. The Balaban J connectivity index is -0.000000539. The van der Waals surface area contributed by atoms with Crippen LogP contribution in [0.2, 0.25) is 0 Å². The molecular formula is C23H35Br2F9O5. The number of unbranched alkanes of at least 4 members (excludes halogenated alkanes) is 3. The third kappa shape index (κ3) is 24.5. The van der Waals surface area contributed by atoms with Gasteiger partial charge in [0.25, 0.3) is 0 Å². The summed E-state index contributed by atoms with van der Waals surface area (Å²) in [5, 5.41) is -0.101. The first kappa shape index (κ1) is 42.4. The van der Waals surface area contributed by atoms with Crippen LogP contribution in [-0.4, -0.2) is 67.1 Å². The van der Waals surface area contributed by atoms with Crippen LogP contribution in [0.1, 0.15) is 59.3 Å². The van der Waals surface area contributed by atoms with Crippen molar-refractivity contribution in [2.45, 2.75) is 82.7 Å². The van der Waals surface area contributed by atoms with Crippen molar-refractivity contribution in [1.29, 1.82) is 0 Å². The Labute approximate surface area is 239 Å². The maximum atomic E-state index is 12.6. The lowest BCUT2D eigenvalue weighted by Gasteiger charge is -2.18. The van der Waals surface area contributed by atoms with Gasteiger partial charge in [0, 0.05) is 11.9 Å². The molecule has 0 saturated carbocycles. The average molecular weight is 722 g/mol. The summed E-state index contributed by atoms with van der Waals surface area (Å²) in [5.74, 6) is -4.81. The molecule has 0 saturated heterocycles. The van der Waals surface area contributed by atoms with Gasteiger partial charge in [0.1, 0.15) is 10.4 Å². The Morgan fingerprint density at radius 2 is 1.21 bits per heavy atom. The van der Waals surface area contributed by atoms with E-state index in [1.165, 1.54) is 0 Å². The number of alkyl halides is 11. The van der Waals surface area contributed by atoms with Gasteiger partial charge in [-0.05, 0) is 19.3 Å². The van der Waals surface area contributed by atoms with Crippen LogP contribution >= 0.6 is 31.9 Å². The summed E-state index contributed by atoms with van der Waals surface area (Å²) in [7, 11) is 0. The van der Waals surface area contributed by atoms with Crippen LogP contribution in [0.3, 0.4) is 0 Å². The van der Waals surface area contributed by atoms with Crippen molar-refractivity contribution in [3.63, 3.8) is 0 Å². The standard InChI is InChI=1S/C12H21F3O3.C8H11F3O2.C3H3Br2F3/c1-3-5-7-17-9-10(12(13,14)15)11(16)18-8-6-4-2;1-3-4-5-13-7(12)6(2)8(9,10)11;4-1-2(5)3(6,7)8/h10H,3-9H2,1-2H3;2-5H2,1H3;2H,1H2. The summed E-state index contributed by atoms with van der Waals surface area (Å²) in [6.45, 7) is 7.81. The minimum absolute atomic E-state index is 0.00440. The van der Waals surface area contributed by atoms with Crippen molar-refractivity contribution in [3.05, 3.63) is 12.2 Å². The van der Waals surface area contributed by atoms with Crippen LogP contribution in [0.5, 0.6) is 0 Å². The number of hydrogen-bond acceptors (Lipinski definition) is 5. The highest BCUT2D eigenvalue weighted by atomic mass is 79.9. The first-order valence-corrected chi connectivity index (χ1v) is 13.9. The molecule has 0 radical (unpaired) electrons. The molecule has 0 aromatic heterocycles. The molecule has 0 aliphatic carbocycles. The second-order valence-electron chi connectivity index (χ2n) is 7.67. The number of esters is 2. The van der Waals surface area contributed by atoms with E-state index in [-0.39, 0.29) is 25.2 Å². The molecule has 2 atom stereocenters. The van der Waals surface area contributed by atoms with Crippen molar-refractivity contribution in [2.75, 3.05) is 31.8 Å². The Kier molecular flexibility index (Phi) is 24.6. The predicted octanol–water partition coefficient (Wildman–Crippen LogP) is 8.48. The topological polar surface area (TPSA) is 61.8 Å². The number of ether oxygens (including phenoxy) is 3. The lowest BCUT2D eigenvalue weighted by molar-refractivity contribution is -0.206. The summed E-state index contributed by atoms with van der Waals surface area (Å²) in [5.41, 5.74) is -1.45. The molecule has 39 heavy (non-hydrogen) atoms. The van der Waals surface area contributed by atoms with Crippen molar-refractivity contribution in [1.82, 2.24) is 0 Å². The molecule has 0 aliphatic rings. The van der Waals surface area contributed by atoms with E-state index in [4.69, 9.17) is 4.74 Å². The van der Waals surface area contributed by atoms with E-state index in [1.54, 1.807) is 0 Å². The van der Waals surface area contributed by atoms with Crippen molar-refractivity contribution >= 4 is 43.8 Å². The van der Waals surface area contributed by atoms with Gasteiger partial charge >= 0.3 is 30.5 Å². The molecule has 0 fully saturated rings. The van der Waals surface area contributed by atoms with Gasteiger partial charge in [-0.25, -0.2) is 4.79 Å². The van der Waals surface area contributed by atoms with Crippen LogP contribution < -0.4 is 0 Å². The molecule has 16 heteroatoms. The van der Waals surface area contributed by atoms with Gasteiger partial charge < -0.3 is 14.2 Å². The largest absolute Gasteiger partial charge is 0.465 e. The van der Waals surface area contributed by atoms with Crippen LogP contribution in [0, 0.1) is 5.92 Å². The normalized spacial score (nSPS) is 13.2. The summed E-state index contributed by atoms with van der Waals surface area (Å²) >= 11 is 5.11. The third-order valence-electron chi connectivity index (χ3n) is 4.16. The number of hydrogen-bond donors (Lipinski definition) is 0. The molecule has 0 aromatic rings. The fourth-order valence-corrected chi connectivity index (χ4v) is 2.13. The van der Waals surface area contributed by atoms with E-state index in [2.05, 4.69) is 47.9 Å². The average Bonchev–Trinajstić information content (AvgIpc) is 2.82. The van der Waals surface area contributed by atoms with Crippen molar-refractivity contribution in [3.8, 4) is 0 Å². The number of rotatable bonds is 14. The molecule has 0 N–H and O–H groups in total. The molecule has 234 valence electrons. The molecule has 0 aromatic carbocycles. The zero-order chi connectivity index (χ0) is 31.3. The second kappa shape index (κ2) is 22.6. The van der Waals surface area contributed by atoms with Gasteiger partial charge in [-0.3, -0.25) is 4.79 Å². The first-order valence-electron chi connectivity index (χ1n) is 11.8. The molecule has 5 nitrogen and oxygen atoms in total. The quantitative estimate of drug-likeness (QED) is 0.0592. The zero-order valence-electron chi connectivity index (χ0n) is 21.8. The Hall–Kier alpha value is -1.03. The smallest absolute Gasteiger partial charge is 0.422 e. The third-order valence-corrected chi connectivity index (χ3v) is 6.52. The first-order chi connectivity index (χ1) is 17.8. The van der Waals surface area contributed by atoms with Gasteiger partial charge in [-0.1, -0.05) is 78.5 Å². The number of carbonyl (C=O) groups excluding carboxylic acids is 2. The van der Waals surface area contributed by atoms with E-state index >= 15 is 0 Å². The van der Waals surface area contributed by atoms with E-state index in [0.29, 0.717) is 19.3 Å². The van der Waals surface area contributed by atoms with Crippen molar-refractivity contribution in [2.24, 2.45) is 5.92 Å². The molecule has 0 aliphatic heterocycles. The predicted molar refractivity (Wildman–Crippen MR) is 135 cm³/mol. The van der Waals surface area contributed by atoms with Gasteiger partial charge in [0.2, 0.25) is 0 Å². The summed E-state index contributed by atoms with van der Waals surface area (Å²) in [6.07, 6.45) is -9.29. The Morgan fingerprint density at radius 3 is 1.54 bits per heavy atom. The van der Waals surface area contributed by atoms with Gasteiger partial charge in [0.15, 0.2) is 5.92 Å². The van der Waals surface area contributed by atoms with Gasteiger partial charge in [-0.2, -0.15) is 39.5 Å². The molecule has 0 spiro atoms. The van der Waals surface area contributed by atoms with Crippen LogP contribution in [-0.2, 0) is 23.8 Å². The maximum Gasteiger partial charge on any atom is 0.422 e. The van der Waals surface area contributed by atoms with E-state index in [1.807, 2.05) is 20.8 Å². The minimum Gasteiger partial charge on any atom is -0.465 e. The summed E-state index contributed by atoms with van der Waals surface area (Å²) < 4.78 is 121. The molecule has 0 rings (SSSR count). The fraction of sp³-hybridized carbons (Fsp3) is 0.826. The zero-order valence-corrected chi connectivity index (χ0v) is 25.0. The highest BCUT2D eigenvalue weighted by Crippen LogP contribution is 2.28. The molecule has 0 amide bonds.